The predicted molar refractivity (Wildman–Crippen MR) is 244 cm³/mol. The lowest BCUT2D eigenvalue weighted by Crippen LogP contribution is -2.07. The first-order chi connectivity index (χ1) is 27.2. The average molecular weight is 956 g/mol. The van der Waals surface area contributed by atoms with Gasteiger partial charge in [-0.05, 0) is 54.5 Å². The quantitative estimate of drug-likeness (QED) is 0.0506. The monoisotopic (exact) mass is 954 g/mol. The molecule has 6 rings (SSSR count). The second-order valence-corrected chi connectivity index (χ2v) is 12.9. The number of benzene rings is 2. The molecule has 304 valence electrons. The van der Waals surface area contributed by atoms with Gasteiger partial charge in [-0.3, -0.25) is 9.13 Å². The minimum atomic E-state index is 0. The van der Waals surface area contributed by atoms with Crippen molar-refractivity contribution in [3.05, 3.63) is 120 Å². The highest BCUT2D eigenvalue weighted by Crippen LogP contribution is 2.28. The molecule has 0 bridgehead atoms. The van der Waals surface area contributed by atoms with Crippen molar-refractivity contribution in [2.75, 3.05) is 38.9 Å². The average Bonchev–Trinajstić information content (AvgIpc) is 3.73. The molecule has 0 atom stereocenters. The topological polar surface area (TPSA) is 176 Å². The summed E-state index contributed by atoms with van der Waals surface area (Å²) in [6.45, 7) is 18.6. The van der Waals surface area contributed by atoms with Crippen molar-refractivity contribution in [2.24, 2.45) is 0 Å². The molecule has 14 nitrogen and oxygen atoms in total. The molecule has 0 saturated carbocycles. The van der Waals surface area contributed by atoms with E-state index in [-0.39, 0.29) is 49.1 Å². The van der Waals surface area contributed by atoms with Crippen LogP contribution in [0.25, 0.3) is 22.3 Å². The van der Waals surface area contributed by atoms with E-state index in [1.807, 2.05) is 57.7 Å². The van der Waals surface area contributed by atoms with Gasteiger partial charge in [0.05, 0.1) is 40.5 Å². The van der Waals surface area contributed by atoms with Crippen LogP contribution < -0.4 is 30.4 Å². The third-order valence-electron chi connectivity index (χ3n) is 7.83. The highest BCUT2D eigenvalue weighted by Gasteiger charge is 2.20. The summed E-state index contributed by atoms with van der Waals surface area (Å²) in [5.74, 6) is 0.510. The number of hydrogen-bond acceptors (Lipinski definition) is 12. The van der Waals surface area contributed by atoms with Crippen LogP contribution in [0.1, 0.15) is 44.3 Å². The molecule has 4 aromatic heterocycles. The zero-order valence-electron chi connectivity index (χ0n) is 32.6. The molecule has 4 N–H and O–H groups in total. The molecule has 0 aliphatic carbocycles. The first kappa shape index (κ1) is 45.9. The van der Waals surface area contributed by atoms with Gasteiger partial charge in [-0.1, -0.05) is 83.6 Å². The van der Waals surface area contributed by atoms with Crippen LogP contribution in [0.5, 0.6) is 24.0 Å². The van der Waals surface area contributed by atoms with Crippen molar-refractivity contribution in [2.45, 2.75) is 45.7 Å². The Morgan fingerprint density at radius 3 is 1.54 bits per heavy atom. The minimum Gasteiger partial charge on any atom is -0.468 e. The third kappa shape index (κ3) is 12.8. The molecule has 0 aliphatic rings. The van der Waals surface area contributed by atoms with Crippen LogP contribution in [0.3, 0.4) is 0 Å². The summed E-state index contributed by atoms with van der Waals surface area (Å²) in [7, 11) is 3.13. The van der Waals surface area contributed by atoms with Crippen molar-refractivity contribution in [3.8, 4) is 24.0 Å². The van der Waals surface area contributed by atoms with Crippen molar-refractivity contribution < 1.29 is 20.4 Å². The van der Waals surface area contributed by atoms with Gasteiger partial charge in [-0.15, -0.1) is 50.3 Å². The Morgan fingerprint density at radius 2 is 1.12 bits per heavy atom. The van der Waals surface area contributed by atoms with E-state index in [9.17, 15) is 0 Å². The maximum Gasteiger partial charge on any atom is 0.320 e. The summed E-state index contributed by atoms with van der Waals surface area (Å²) in [4.78, 5) is 26.1. The Balaban J connectivity index is 0.000000356. The number of ether oxygens (including phenoxy) is 4. The Morgan fingerprint density at radius 1 is 0.667 bits per heavy atom. The largest absolute Gasteiger partial charge is 0.468 e. The molecule has 6 aromatic rings. The highest BCUT2D eigenvalue weighted by atomic mass is 127. The molecule has 16 heteroatoms. The molecule has 57 heavy (non-hydrogen) atoms. The molecule has 0 amide bonds. The number of nitrogen functional groups attached to an aromatic ring is 2. The Kier molecular flexibility index (Phi) is 19.0. The van der Waals surface area contributed by atoms with Crippen molar-refractivity contribution in [1.29, 1.82) is 0 Å². The number of nitrogens with two attached hydrogens (primary N) is 2. The SMILES string of the molecule is C=CCC.C=CCCOc1nc(N)c2nc(OC)n(Cc3cccc(Br)c3)c2n1.C=CCCOc1nc(N)c2nc(OC)n(Cc3cccc(CC=C)c3)c2n1.I.[HH]. The number of imidazole rings is 2. The summed E-state index contributed by atoms with van der Waals surface area (Å²) in [5, 5.41) is 0. The van der Waals surface area contributed by atoms with E-state index in [4.69, 9.17) is 30.4 Å². The number of methoxy groups -OCH3 is 2. The lowest BCUT2D eigenvalue weighted by atomic mass is 10.1. The van der Waals surface area contributed by atoms with Crippen molar-refractivity contribution in [3.63, 3.8) is 0 Å². The predicted octanol–water partition coefficient (Wildman–Crippen LogP) is 8.78. The van der Waals surface area contributed by atoms with Gasteiger partial charge < -0.3 is 30.4 Å². The second-order valence-electron chi connectivity index (χ2n) is 12.0. The fourth-order valence-electron chi connectivity index (χ4n) is 5.18. The molecule has 4 heterocycles. The van der Waals surface area contributed by atoms with Crippen LogP contribution in [0.2, 0.25) is 0 Å². The number of allylic oxidation sites excluding steroid dienone is 2. The van der Waals surface area contributed by atoms with Crippen LogP contribution in [-0.4, -0.2) is 66.5 Å². The zero-order chi connectivity index (χ0) is 40.5. The number of aromatic nitrogens is 8. The van der Waals surface area contributed by atoms with E-state index < -0.39 is 0 Å². The summed E-state index contributed by atoms with van der Waals surface area (Å²) in [5.41, 5.74) is 17.6. The summed E-state index contributed by atoms with van der Waals surface area (Å²) < 4.78 is 26.6. The number of hydrogen-bond donors (Lipinski definition) is 2. The lowest BCUT2D eigenvalue weighted by molar-refractivity contribution is 0.300. The number of nitrogens with zero attached hydrogens (tertiary/aromatic N) is 8. The first-order valence-electron chi connectivity index (χ1n) is 17.9. The van der Waals surface area contributed by atoms with E-state index in [0.29, 0.717) is 73.5 Å². The van der Waals surface area contributed by atoms with E-state index >= 15 is 0 Å². The highest BCUT2D eigenvalue weighted by molar-refractivity contribution is 14.0. The van der Waals surface area contributed by atoms with Gasteiger partial charge in [-0.25, -0.2) is 0 Å². The molecule has 2 aromatic carbocycles. The Hall–Kier alpha value is -5.49. The van der Waals surface area contributed by atoms with E-state index in [0.717, 1.165) is 28.4 Å². The molecule has 0 unspecified atom stereocenters. The van der Waals surface area contributed by atoms with Gasteiger partial charge in [-0.2, -0.15) is 29.9 Å². The Bertz CT molecular complexity index is 2270. The number of rotatable bonds is 17. The van der Waals surface area contributed by atoms with Gasteiger partial charge in [0.15, 0.2) is 34.0 Å². The molecule has 0 aliphatic heterocycles. The standard InChI is InChI=1S/C20H23N5O2.C17H18BrN5O2.C4H8.HI.H2/c1-4-6-11-27-19-23-17(21)16-18(24-19)25(20(22-16)26-3)13-15-10-7-9-14(12-15)8-5-2;1-3-4-8-25-16-21-14(19)13-15(22-16)23(17(20-13)24-2)10-11-6-5-7-12(18)9-11;1-3-4-2;;/h4-5,7,9-10,12H,1-2,6,8,11,13H2,3H3,(H2,21,23,24);3,5-7,9H,1,4,8,10H2,2H3,(H2,19,21,22);3H,1,4H2,2H3;2*1H. The Labute approximate surface area is 360 Å². The fourth-order valence-corrected chi connectivity index (χ4v) is 5.62. The van der Waals surface area contributed by atoms with Gasteiger partial charge in [0.25, 0.3) is 12.0 Å². The van der Waals surface area contributed by atoms with E-state index in [1.54, 1.807) is 26.4 Å². The van der Waals surface area contributed by atoms with Crippen LogP contribution in [0.15, 0.2) is 104 Å². The zero-order valence-corrected chi connectivity index (χ0v) is 36.5. The summed E-state index contributed by atoms with van der Waals surface area (Å²) in [6.07, 6.45) is 10.6. The first-order valence-corrected chi connectivity index (χ1v) is 18.7. The van der Waals surface area contributed by atoms with Crippen LogP contribution in [0.4, 0.5) is 11.6 Å². The summed E-state index contributed by atoms with van der Waals surface area (Å²) in [6, 6.07) is 17.5. The molecular formula is C41H52BrIN10O4. The maximum atomic E-state index is 6.06. The van der Waals surface area contributed by atoms with Crippen LogP contribution in [-0.2, 0) is 19.5 Å². The fraction of sp³-hybridized carbons (Fsp3) is 0.268. The second kappa shape index (κ2) is 23.5. The van der Waals surface area contributed by atoms with Crippen LogP contribution >= 0.6 is 39.9 Å². The van der Waals surface area contributed by atoms with Crippen molar-refractivity contribution in [1.82, 2.24) is 39.0 Å². The molecular weight excluding hydrogens is 903 g/mol. The minimum absolute atomic E-state index is 0. The van der Waals surface area contributed by atoms with Gasteiger partial charge in [0.2, 0.25) is 0 Å². The van der Waals surface area contributed by atoms with E-state index in [1.165, 1.54) is 5.56 Å². The van der Waals surface area contributed by atoms with E-state index in [2.05, 4.69) is 91.2 Å². The van der Waals surface area contributed by atoms with Crippen molar-refractivity contribution >= 4 is 73.9 Å². The molecule has 0 spiro atoms. The number of fused-ring (bicyclic) bond motifs is 2. The number of halogens is 2. The molecule has 0 fully saturated rings. The maximum absolute atomic E-state index is 6.06. The van der Waals surface area contributed by atoms with Crippen LogP contribution in [0, 0.1) is 0 Å². The smallest absolute Gasteiger partial charge is 0.320 e. The summed E-state index contributed by atoms with van der Waals surface area (Å²) >= 11 is 3.48. The van der Waals surface area contributed by atoms with Gasteiger partial charge in [0, 0.05) is 5.90 Å². The molecule has 0 saturated heterocycles. The third-order valence-corrected chi connectivity index (χ3v) is 8.33. The van der Waals surface area contributed by atoms with Gasteiger partial charge >= 0.3 is 12.0 Å². The molecule has 0 radical (unpaired) electrons. The van der Waals surface area contributed by atoms with Gasteiger partial charge in [0.1, 0.15) is 0 Å². The normalized spacial score (nSPS) is 10.2. The number of anilines is 2. The lowest BCUT2D eigenvalue weighted by Gasteiger charge is -2.09.